The number of oxazole rings is 1. The number of nitrogens with zero attached hydrogens (tertiary/aromatic N) is 2. The summed E-state index contributed by atoms with van der Waals surface area (Å²) in [7, 11) is -3.98. The highest BCUT2D eigenvalue weighted by Crippen LogP contribution is 2.28. The van der Waals surface area contributed by atoms with E-state index in [0.29, 0.717) is 19.6 Å². The molecule has 30 heavy (non-hydrogen) atoms. The highest BCUT2D eigenvalue weighted by Gasteiger charge is 2.27. The number of carbonyl (C=O) groups excluding carboxylic acids is 1. The minimum atomic E-state index is -3.98. The molecule has 0 unspecified atom stereocenters. The lowest BCUT2D eigenvalue weighted by Crippen LogP contribution is -2.44. The maximum absolute atomic E-state index is 12.5. The second-order valence-corrected chi connectivity index (χ2v) is 9.91. The van der Waals surface area contributed by atoms with Crippen molar-refractivity contribution in [1.82, 2.24) is 14.0 Å². The molecule has 1 aromatic carbocycles. The van der Waals surface area contributed by atoms with Gasteiger partial charge in [0.15, 0.2) is 5.69 Å². The molecule has 1 amide bonds. The number of ether oxygens (including phenoxy) is 1. The number of anilines is 2. The Labute approximate surface area is 177 Å². The summed E-state index contributed by atoms with van der Waals surface area (Å²) >= 11 is 0. The van der Waals surface area contributed by atoms with Crippen LogP contribution in [0.25, 0.3) is 0 Å². The van der Waals surface area contributed by atoms with Crippen LogP contribution in [0.5, 0.6) is 0 Å². The van der Waals surface area contributed by atoms with Crippen LogP contribution in [0.1, 0.15) is 48.8 Å². The number of amides is 1. The Kier molecular flexibility index (Phi) is 6.49. The fraction of sp³-hybridized carbons (Fsp3) is 0.500. The summed E-state index contributed by atoms with van der Waals surface area (Å²) < 4.78 is 38.7. The fourth-order valence-corrected chi connectivity index (χ4v) is 4.12. The molecular weight excluding hydrogens is 408 g/mol. The Bertz CT molecular complexity index is 1000. The van der Waals surface area contributed by atoms with Gasteiger partial charge >= 0.3 is 10.2 Å². The maximum atomic E-state index is 12.5. The van der Waals surface area contributed by atoms with Crippen LogP contribution in [0.2, 0.25) is 0 Å². The first-order chi connectivity index (χ1) is 14.1. The predicted molar refractivity (Wildman–Crippen MR) is 113 cm³/mol. The zero-order chi connectivity index (χ0) is 21.9. The molecule has 0 bridgehead atoms. The van der Waals surface area contributed by atoms with Crippen molar-refractivity contribution in [3.8, 4) is 0 Å². The number of rotatable bonds is 5. The third kappa shape index (κ3) is 5.38. The van der Waals surface area contributed by atoms with Crippen LogP contribution in [0.4, 0.5) is 11.7 Å². The zero-order valence-electron chi connectivity index (χ0n) is 17.7. The Morgan fingerprint density at radius 2 is 1.97 bits per heavy atom. The maximum Gasteiger partial charge on any atom is 0.304 e. The first-order valence-electron chi connectivity index (χ1n) is 9.80. The highest BCUT2D eigenvalue weighted by atomic mass is 32.2. The van der Waals surface area contributed by atoms with Gasteiger partial charge in [-0.05, 0) is 36.0 Å². The van der Waals surface area contributed by atoms with E-state index in [9.17, 15) is 13.2 Å². The van der Waals surface area contributed by atoms with Crippen LogP contribution in [-0.2, 0) is 20.4 Å². The molecule has 3 rings (SSSR count). The quantitative estimate of drug-likeness (QED) is 0.741. The van der Waals surface area contributed by atoms with E-state index in [1.165, 1.54) is 4.31 Å². The van der Waals surface area contributed by atoms with Gasteiger partial charge in [0.2, 0.25) is 0 Å². The minimum Gasteiger partial charge on any atom is -0.431 e. The topological polar surface area (TPSA) is 114 Å². The standard InChI is InChI=1S/C20H28N4O5S/c1-14-6-7-15(20(2,3)4)12-16(14)21-19-22-17(13-29-19)18(25)23-30(26,27)24-8-5-10-28-11-9-24/h6-7,12-13H,5,8-11H2,1-4H3,(H,21,22)(H,23,25). The lowest BCUT2D eigenvalue weighted by molar-refractivity contribution is 0.0973. The molecule has 1 saturated heterocycles. The average molecular weight is 437 g/mol. The van der Waals surface area contributed by atoms with E-state index < -0.39 is 16.1 Å². The number of aromatic nitrogens is 1. The lowest BCUT2D eigenvalue weighted by atomic mass is 9.86. The van der Waals surface area contributed by atoms with Crippen molar-refractivity contribution >= 4 is 27.8 Å². The molecule has 1 aliphatic rings. The molecule has 1 fully saturated rings. The third-order valence-electron chi connectivity index (χ3n) is 4.82. The van der Waals surface area contributed by atoms with Crippen LogP contribution in [-0.4, -0.2) is 49.9 Å². The molecule has 164 valence electrons. The van der Waals surface area contributed by atoms with Gasteiger partial charge in [0, 0.05) is 25.4 Å². The van der Waals surface area contributed by atoms with Crippen molar-refractivity contribution in [3.63, 3.8) is 0 Å². The van der Waals surface area contributed by atoms with Gasteiger partial charge in [-0.3, -0.25) is 4.79 Å². The summed E-state index contributed by atoms with van der Waals surface area (Å²) in [6.45, 7) is 9.57. The number of hydrogen-bond acceptors (Lipinski definition) is 7. The molecule has 2 heterocycles. The summed E-state index contributed by atoms with van der Waals surface area (Å²) in [5.41, 5.74) is 2.76. The van der Waals surface area contributed by atoms with E-state index in [4.69, 9.17) is 9.15 Å². The molecular formula is C20H28N4O5S. The van der Waals surface area contributed by atoms with Gasteiger partial charge < -0.3 is 14.5 Å². The van der Waals surface area contributed by atoms with Gasteiger partial charge in [-0.25, -0.2) is 4.72 Å². The van der Waals surface area contributed by atoms with Gasteiger partial charge in [-0.1, -0.05) is 32.9 Å². The first-order valence-corrected chi connectivity index (χ1v) is 11.2. The molecule has 2 aromatic rings. The van der Waals surface area contributed by atoms with E-state index in [1.807, 2.05) is 23.8 Å². The van der Waals surface area contributed by atoms with E-state index in [0.717, 1.165) is 23.1 Å². The Morgan fingerprint density at radius 3 is 2.70 bits per heavy atom. The summed E-state index contributed by atoms with van der Waals surface area (Å²) in [5, 5.41) is 3.06. The number of hydrogen-bond donors (Lipinski definition) is 2. The second-order valence-electron chi connectivity index (χ2n) is 8.24. The van der Waals surface area contributed by atoms with E-state index >= 15 is 0 Å². The summed E-state index contributed by atoms with van der Waals surface area (Å²) in [6, 6.07) is 6.17. The van der Waals surface area contributed by atoms with E-state index in [-0.39, 0.29) is 30.2 Å². The summed E-state index contributed by atoms with van der Waals surface area (Å²) in [6.07, 6.45) is 1.70. The zero-order valence-corrected chi connectivity index (χ0v) is 18.5. The van der Waals surface area contributed by atoms with Gasteiger partial charge in [-0.2, -0.15) is 17.7 Å². The van der Waals surface area contributed by atoms with Crippen molar-refractivity contribution in [2.75, 3.05) is 31.6 Å². The highest BCUT2D eigenvalue weighted by molar-refractivity contribution is 7.87. The first kappa shape index (κ1) is 22.3. The molecule has 10 heteroatoms. The molecule has 0 radical (unpaired) electrons. The monoisotopic (exact) mass is 436 g/mol. The Hall–Kier alpha value is -2.43. The predicted octanol–water partition coefficient (Wildman–Crippen LogP) is 2.72. The molecule has 0 saturated carbocycles. The number of benzene rings is 1. The molecule has 9 nitrogen and oxygen atoms in total. The van der Waals surface area contributed by atoms with E-state index in [1.54, 1.807) is 0 Å². The molecule has 0 atom stereocenters. The van der Waals surface area contributed by atoms with E-state index in [2.05, 4.69) is 37.1 Å². The average Bonchev–Trinajstić information content (AvgIpc) is 2.94. The molecule has 1 aromatic heterocycles. The summed E-state index contributed by atoms with van der Waals surface area (Å²) in [4.78, 5) is 16.5. The van der Waals surface area contributed by atoms with Gasteiger partial charge in [-0.15, -0.1) is 0 Å². The molecule has 1 aliphatic heterocycles. The van der Waals surface area contributed by atoms with Crippen molar-refractivity contribution in [3.05, 3.63) is 41.3 Å². The Morgan fingerprint density at radius 1 is 1.20 bits per heavy atom. The van der Waals surface area contributed by atoms with Crippen molar-refractivity contribution in [1.29, 1.82) is 0 Å². The molecule has 0 aliphatic carbocycles. The number of nitrogens with one attached hydrogen (secondary N) is 2. The van der Waals surface area contributed by atoms with Crippen LogP contribution in [0, 0.1) is 6.92 Å². The van der Waals surface area contributed by atoms with Gasteiger partial charge in [0.25, 0.3) is 11.9 Å². The second kappa shape index (κ2) is 8.75. The molecule has 0 spiro atoms. The minimum absolute atomic E-state index is 0.0293. The largest absolute Gasteiger partial charge is 0.431 e. The van der Waals surface area contributed by atoms with Crippen LogP contribution in [0.15, 0.2) is 28.9 Å². The van der Waals surface area contributed by atoms with Crippen LogP contribution < -0.4 is 10.0 Å². The smallest absolute Gasteiger partial charge is 0.304 e. The fourth-order valence-electron chi connectivity index (χ4n) is 2.97. The van der Waals surface area contributed by atoms with Crippen LogP contribution in [0.3, 0.4) is 0 Å². The van der Waals surface area contributed by atoms with Crippen molar-refractivity contribution in [2.45, 2.75) is 39.5 Å². The molecule has 2 N–H and O–H groups in total. The SMILES string of the molecule is Cc1ccc(C(C)(C)C)cc1Nc1nc(C(=O)NS(=O)(=O)N2CCCOCC2)co1. The Balaban J connectivity index is 1.71. The third-order valence-corrected chi connectivity index (χ3v) is 6.31. The van der Waals surface area contributed by atoms with Gasteiger partial charge in [0.1, 0.15) is 6.26 Å². The lowest BCUT2D eigenvalue weighted by Gasteiger charge is -2.20. The number of aryl methyl sites for hydroxylation is 1. The van der Waals surface area contributed by atoms with Crippen LogP contribution >= 0.6 is 0 Å². The normalized spacial score (nSPS) is 16.1. The number of carbonyl (C=O) groups is 1. The van der Waals surface area contributed by atoms with Gasteiger partial charge in [0.05, 0.1) is 6.61 Å². The summed E-state index contributed by atoms with van der Waals surface area (Å²) in [5.74, 6) is -0.850. The van der Waals surface area contributed by atoms with Crippen molar-refractivity contribution in [2.24, 2.45) is 0 Å². The van der Waals surface area contributed by atoms with Crippen molar-refractivity contribution < 1.29 is 22.4 Å².